The van der Waals surface area contributed by atoms with Gasteiger partial charge >= 0.3 is 5.97 Å². The lowest BCUT2D eigenvalue weighted by atomic mass is 9.94. The molecule has 0 bridgehead atoms. The van der Waals surface area contributed by atoms with Crippen LogP contribution in [0.2, 0.25) is 0 Å². The van der Waals surface area contributed by atoms with Crippen LogP contribution < -0.4 is 9.64 Å². The number of rotatable bonds is 4. The summed E-state index contributed by atoms with van der Waals surface area (Å²) in [6.07, 6.45) is 0. The molecule has 6 nitrogen and oxygen atoms in total. The van der Waals surface area contributed by atoms with Gasteiger partial charge in [-0.1, -0.05) is 18.2 Å². The second kappa shape index (κ2) is 8.94. The number of aliphatic hydroxyl groups is 1. The highest BCUT2D eigenvalue weighted by molar-refractivity contribution is 6.51. The third kappa shape index (κ3) is 4.32. The Kier molecular flexibility index (Phi) is 6.03. The van der Waals surface area contributed by atoms with Crippen LogP contribution in [0.1, 0.15) is 35.2 Å². The summed E-state index contributed by atoms with van der Waals surface area (Å²) in [4.78, 5) is 39.3. The van der Waals surface area contributed by atoms with Crippen molar-refractivity contribution in [1.82, 2.24) is 0 Å². The van der Waals surface area contributed by atoms with Crippen LogP contribution in [0.4, 0.5) is 10.1 Å². The molecule has 0 spiro atoms. The Morgan fingerprint density at radius 3 is 2.24 bits per heavy atom. The normalized spacial score (nSPS) is 17.2. The van der Waals surface area contributed by atoms with Crippen molar-refractivity contribution in [3.8, 4) is 5.75 Å². The number of amides is 1. The van der Waals surface area contributed by atoms with Gasteiger partial charge in [-0.15, -0.1) is 0 Å². The summed E-state index contributed by atoms with van der Waals surface area (Å²) in [5.74, 6) is -2.89. The molecule has 0 aliphatic carbocycles. The number of hydrogen-bond donors (Lipinski definition) is 1. The van der Waals surface area contributed by atoms with Crippen molar-refractivity contribution in [3.63, 3.8) is 0 Å². The molecule has 1 unspecified atom stereocenters. The number of ether oxygens (including phenoxy) is 1. The maximum absolute atomic E-state index is 13.4. The third-order valence-electron chi connectivity index (χ3n) is 5.48. The zero-order valence-corrected chi connectivity index (χ0v) is 18.8. The van der Waals surface area contributed by atoms with Crippen LogP contribution in [0.3, 0.4) is 0 Å². The Bertz CT molecular complexity index is 1320. The molecule has 172 valence electrons. The molecule has 3 aromatic rings. The Labute approximate surface area is 195 Å². The standard InChI is InChI=1S/C27H22FNO5/c1-15-11-16(2)13-21(12-15)29-24(19-5-4-6-22(14-19)34-17(3)30)23(26(32)27(29)33)25(31)18-7-9-20(28)10-8-18/h4-14,24,31H,1-3H3/b25-23+. The fraction of sp³-hybridized carbons (Fsp3) is 0.148. The summed E-state index contributed by atoms with van der Waals surface area (Å²) in [6, 6.07) is 15.9. The van der Waals surface area contributed by atoms with Crippen molar-refractivity contribution in [3.05, 3.63) is 100 Å². The molecule has 1 heterocycles. The average Bonchev–Trinajstić information content (AvgIpc) is 3.03. The van der Waals surface area contributed by atoms with Gasteiger partial charge in [-0.2, -0.15) is 0 Å². The minimum Gasteiger partial charge on any atom is -0.507 e. The lowest BCUT2D eigenvalue weighted by molar-refractivity contribution is -0.132. The van der Waals surface area contributed by atoms with Gasteiger partial charge < -0.3 is 9.84 Å². The summed E-state index contributed by atoms with van der Waals surface area (Å²) in [7, 11) is 0. The number of benzene rings is 3. The molecule has 0 saturated carbocycles. The molecule has 1 saturated heterocycles. The minimum atomic E-state index is -0.998. The van der Waals surface area contributed by atoms with Gasteiger partial charge in [0.1, 0.15) is 17.3 Å². The number of ketones is 1. The number of aliphatic hydroxyl groups excluding tert-OH is 1. The largest absolute Gasteiger partial charge is 0.507 e. The monoisotopic (exact) mass is 459 g/mol. The van der Waals surface area contributed by atoms with Crippen LogP contribution in [0.15, 0.2) is 72.3 Å². The summed E-state index contributed by atoms with van der Waals surface area (Å²) < 4.78 is 18.6. The van der Waals surface area contributed by atoms with E-state index in [1.165, 1.54) is 24.0 Å². The fourth-order valence-corrected chi connectivity index (χ4v) is 4.18. The number of aryl methyl sites for hydroxylation is 2. The van der Waals surface area contributed by atoms with Gasteiger partial charge in [0.2, 0.25) is 0 Å². The van der Waals surface area contributed by atoms with E-state index in [4.69, 9.17) is 4.74 Å². The second-order valence-corrected chi connectivity index (χ2v) is 8.19. The van der Waals surface area contributed by atoms with E-state index in [0.29, 0.717) is 11.3 Å². The number of nitrogens with zero attached hydrogens (tertiary/aromatic N) is 1. The molecule has 1 N–H and O–H groups in total. The molecular formula is C27H22FNO5. The van der Waals surface area contributed by atoms with Crippen LogP contribution in [0, 0.1) is 19.7 Å². The minimum absolute atomic E-state index is 0.143. The van der Waals surface area contributed by atoms with E-state index in [1.54, 1.807) is 36.4 Å². The molecule has 1 atom stereocenters. The summed E-state index contributed by atoms with van der Waals surface area (Å²) >= 11 is 0. The first-order valence-corrected chi connectivity index (χ1v) is 10.6. The smallest absolute Gasteiger partial charge is 0.308 e. The highest BCUT2D eigenvalue weighted by Crippen LogP contribution is 2.43. The van der Waals surface area contributed by atoms with Crippen molar-refractivity contribution in [2.75, 3.05) is 4.90 Å². The molecule has 1 aliphatic heterocycles. The zero-order chi connectivity index (χ0) is 24.6. The average molecular weight is 459 g/mol. The number of esters is 1. The molecule has 3 aromatic carbocycles. The number of Topliss-reactive ketones (excluding diaryl/α,β-unsaturated/α-hetero) is 1. The molecule has 34 heavy (non-hydrogen) atoms. The van der Waals surface area contributed by atoms with Crippen LogP contribution in [-0.4, -0.2) is 22.8 Å². The SMILES string of the molecule is CC(=O)Oc1cccc(C2/C(=C(\O)c3ccc(F)cc3)C(=O)C(=O)N2c2cc(C)cc(C)c2)c1. The van der Waals surface area contributed by atoms with Gasteiger partial charge in [-0.3, -0.25) is 19.3 Å². The number of carbonyl (C=O) groups is 3. The van der Waals surface area contributed by atoms with Gasteiger partial charge in [0.25, 0.3) is 11.7 Å². The molecule has 4 rings (SSSR count). The maximum Gasteiger partial charge on any atom is 0.308 e. The van der Waals surface area contributed by atoms with E-state index in [0.717, 1.165) is 23.3 Å². The molecule has 1 amide bonds. The second-order valence-electron chi connectivity index (χ2n) is 8.19. The van der Waals surface area contributed by atoms with E-state index < -0.39 is 35.3 Å². The maximum atomic E-state index is 13.4. The van der Waals surface area contributed by atoms with E-state index in [1.807, 2.05) is 19.9 Å². The van der Waals surface area contributed by atoms with Gasteiger partial charge in [-0.25, -0.2) is 4.39 Å². The molecule has 0 aromatic heterocycles. The molecule has 0 radical (unpaired) electrons. The number of carbonyl (C=O) groups excluding carboxylic acids is 3. The first-order chi connectivity index (χ1) is 16.2. The van der Waals surface area contributed by atoms with E-state index in [2.05, 4.69) is 0 Å². The van der Waals surface area contributed by atoms with Crippen molar-refractivity contribution in [2.45, 2.75) is 26.8 Å². The number of anilines is 1. The predicted octanol–water partition coefficient (Wildman–Crippen LogP) is 4.99. The van der Waals surface area contributed by atoms with E-state index in [9.17, 15) is 23.9 Å². The third-order valence-corrected chi connectivity index (χ3v) is 5.48. The molecule has 1 aliphatic rings. The summed E-state index contributed by atoms with van der Waals surface area (Å²) in [5.41, 5.74) is 2.78. The number of halogens is 1. The number of hydrogen-bond acceptors (Lipinski definition) is 5. The predicted molar refractivity (Wildman–Crippen MR) is 125 cm³/mol. The first kappa shape index (κ1) is 22.9. The topological polar surface area (TPSA) is 83.9 Å². The van der Waals surface area contributed by atoms with Gasteiger partial charge in [0.05, 0.1) is 11.6 Å². The van der Waals surface area contributed by atoms with Crippen molar-refractivity contribution in [2.24, 2.45) is 0 Å². The van der Waals surface area contributed by atoms with E-state index in [-0.39, 0.29) is 16.9 Å². The van der Waals surface area contributed by atoms with Crippen LogP contribution in [-0.2, 0) is 14.4 Å². The van der Waals surface area contributed by atoms with Gasteiger partial charge in [0, 0.05) is 18.2 Å². The lowest BCUT2D eigenvalue weighted by Gasteiger charge is -2.26. The van der Waals surface area contributed by atoms with Crippen molar-refractivity contribution >= 4 is 29.1 Å². The van der Waals surface area contributed by atoms with E-state index >= 15 is 0 Å². The summed E-state index contributed by atoms with van der Waals surface area (Å²) in [5, 5.41) is 11.1. The Hall–Kier alpha value is -4.26. The van der Waals surface area contributed by atoms with Crippen molar-refractivity contribution < 1.29 is 28.6 Å². The fourth-order valence-electron chi connectivity index (χ4n) is 4.18. The van der Waals surface area contributed by atoms with Gasteiger partial charge in [-0.05, 0) is 79.1 Å². The van der Waals surface area contributed by atoms with Crippen LogP contribution in [0.5, 0.6) is 5.75 Å². The van der Waals surface area contributed by atoms with Crippen LogP contribution >= 0.6 is 0 Å². The van der Waals surface area contributed by atoms with Crippen molar-refractivity contribution in [1.29, 1.82) is 0 Å². The highest BCUT2D eigenvalue weighted by atomic mass is 19.1. The van der Waals surface area contributed by atoms with Crippen LogP contribution in [0.25, 0.3) is 5.76 Å². The highest BCUT2D eigenvalue weighted by Gasteiger charge is 2.47. The zero-order valence-electron chi connectivity index (χ0n) is 18.8. The lowest BCUT2D eigenvalue weighted by Crippen LogP contribution is -2.29. The Morgan fingerprint density at radius 1 is 0.971 bits per heavy atom. The Morgan fingerprint density at radius 2 is 1.62 bits per heavy atom. The van der Waals surface area contributed by atoms with Gasteiger partial charge in [0.15, 0.2) is 0 Å². The quantitative estimate of drug-likeness (QED) is 0.195. The first-order valence-electron chi connectivity index (χ1n) is 10.6. The molecule has 7 heteroatoms. The Balaban J connectivity index is 1.96. The molecular weight excluding hydrogens is 437 g/mol. The summed E-state index contributed by atoms with van der Waals surface area (Å²) in [6.45, 7) is 5.02. The molecule has 1 fully saturated rings.